The molecule has 1 aliphatic heterocycles. The molecule has 2 N–H and O–H groups in total. The first-order valence-electron chi connectivity index (χ1n) is 6.40. The molecule has 2 nitrogen and oxygen atoms in total. The SMILES string of the molecule is CC(N)c1ccccc1N1CCc2sccc2C1. The minimum Gasteiger partial charge on any atom is -0.367 e. The number of fused-ring (bicyclic) bond motifs is 1. The van der Waals surface area contributed by atoms with Crippen LogP contribution in [0.1, 0.15) is 29.0 Å². The molecule has 3 heteroatoms. The van der Waals surface area contributed by atoms with Gasteiger partial charge in [0.15, 0.2) is 0 Å². The molecular formula is C15H18N2S. The van der Waals surface area contributed by atoms with Gasteiger partial charge in [0.05, 0.1) is 0 Å². The number of rotatable bonds is 2. The Morgan fingerprint density at radius 2 is 2.11 bits per heavy atom. The molecule has 0 aliphatic carbocycles. The summed E-state index contributed by atoms with van der Waals surface area (Å²) in [4.78, 5) is 4.00. The van der Waals surface area contributed by atoms with Gasteiger partial charge in [-0.25, -0.2) is 0 Å². The highest BCUT2D eigenvalue weighted by Gasteiger charge is 2.19. The van der Waals surface area contributed by atoms with Crippen molar-refractivity contribution in [3.63, 3.8) is 0 Å². The Kier molecular flexibility index (Phi) is 3.10. The summed E-state index contributed by atoms with van der Waals surface area (Å²) >= 11 is 1.88. The largest absolute Gasteiger partial charge is 0.367 e. The molecule has 0 saturated carbocycles. The molecule has 2 heterocycles. The van der Waals surface area contributed by atoms with E-state index in [4.69, 9.17) is 5.73 Å². The Balaban J connectivity index is 1.93. The lowest BCUT2D eigenvalue weighted by atomic mass is 10.0. The molecule has 1 unspecified atom stereocenters. The van der Waals surface area contributed by atoms with Crippen molar-refractivity contribution in [3.05, 3.63) is 51.7 Å². The first-order valence-corrected chi connectivity index (χ1v) is 7.28. The molecule has 0 fully saturated rings. The molecule has 1 aromatic carbocycles. The minimum atomic E-state index is 0.0880. The molecule has 2 aromatic rings. The number of nitrogens with two attached hydrogens (primary N) is 1. The van der Waals surface area contributed by atoms with Crippen LogP contribution in [0.3, 0.4) is 0 Å². The average Bonchev–Trinajstić information content (AvgIpc) is 2.85. The predicted molar refractivity (Wildman–Crippen MR) is 78.1 cm³/mol. The maximum atomic E-state index is 6.07. The van der Waals surface area contributed by atoms with Crippen molar-refractivity contribution in [2.24, 2.45) is 5.73 Å². The molecule has 3 rings (SSSR count). The van der Waals surface area contributed by atoms with Gasteiger partial charge in [0.1, 0.15) is 0 Å². The lowest BCUT2D eigenvalue weighted by Crippen LogP contribution is -2.30. The molecule has 0 radical (unpaired) electrons. The normalized spacial score (nSPS) is 16.4. The standard InChI is InChI=1S/C15H18N2S/c1-11(16)13-4-2-3-5-14(13)17-8-6-15-12(10-17)7-9-18-15/h2-5,7,9,11H,6,8,10,16H2,1H3. The monoisotopic (exact) mass is 258 g/mol. The Morgan fingerprint density at radius 3 is 2.94 bits per heavy atom. The van der Waals surface area contributed by atoms with Gasteiger partial charge >= 0.3 is 0 Å². The zero-order valence-corrected chi connectivity index (χ0v) is 11.4. The third kappa shape index (κ3) is 2.04. The van der Waals surface area contributed by atoms with Crippen LogP contribution in [0.2, 0.25) is 0 Å². The smallest absolute Gasteiger partial charge is 0.0440 e. The highest BCUT2D eigenvalue weighted by molar-refractivity contribution is 7.10. The Bertz CT molecular complexity index is 545. The van der Waals surface area contributed by atoms with Crippen molar-refractivity contribution in [1.82, 2.24) is 0 Å². The summed E-state index contributed by atoms with van der Waals surface area (Å²) in [7, 11) is 0. The van der Waals surface area contributed by atoms with Crippen molar-refractivity contribution in [2.45, 2.75) is 25.9 Å². The second-order valence-corrected chi connectivity index (χ2v) is 5.89. The van der Waals surface area contributed by atoms with Crippen molar-refractivity contribution >= 4 is 17.0 Å². The Labute approximate surface area is 112 Å². The number of anilines is 1. The van der Waals surface area contributed by atoms with Crippen molar-refractivity contribution in [2.75, 3.05) is 11.4 Å². The average molecular weight is 258 g/mol. The summed E-state index contributed by atoms with van der Waals surface area (Å²) < 4.78 is 0. The summed E-state index contributed by atoms with van der Waals surface area (Å²) in [5.41, 5.74) is 10.1. The van der Waals surface area contributed by atoms with Gasteiger partial charge in [-0.05, 0) is 42.0 Å². The third-order valence-corrected chi connectivity index (χ3v) is 4.60. The highest BCUT2D eigenvalue weighted by Crippen LogP contribution is 2.31. The molecule has 0 saturated heterocycles. The van der Waals surface area contributed by atoms with Crippen molar-refractivity contribution in [1.29, 1.82) is 0 Å². The topological polar surface area (TPSA) is 29.3 Å². The van der Waals surface area contributed by atoms with E-state index < -0.39 is 0 Å². The molecule has 0 amide bonds. The minimum absolute atomic E-state index is 0.0880. The highest BCUT2D eigenvalue weighted by atomic mass is 32.1. The van der Waals surface area contributed by atoms with Gasteiger partial charge < -0.3 is 10.6 Å². The van der Waals surface area contributed by atoms with E-state index in [0.29, 0.717) is 0 Å². The third-order valence-electron chi connectivity index (χ3n) is 3.58. The van der Waals surface area contributed by atoms with Gasteiger partial charge in [0.25, 0.3) is 0 Å². The quantitative estimate of drug-likeness (QED) is 0.895. The molecule has 1 aliphatic rings. The molecule has 1 aromatic heterocycles. The number of hydrogen-bond donors (Lipinski definition) is 1. The predicted octanol–water partition coefficient (Wildman–Crippen LogP) is 3.33. The van der Waals surface area contributed by atoms with E-state index in [1.807, 2.05) is 11.3 Å². The van der Waals surface area contributed by atoms with Crippen LogP contribution in [0.5, 0.6) is 0 Å². The second kappa shape index (κ2) is 4.75. The van der Waals surface area contributed by atoms with Gasteiger partial charge in [0.2, 0.25) is 0 Å². The van der Waals surface area contributed by atoms with E-state index in [2.05, 4.69) is 47.5 Å². The van der Waals surface area contributed by atoms with E-state index in [0.717, 1.165) is 19.5 Å². The first kappa shape index (κ1) is 11.8. The van der Waals surface area contributed by atoms with Crippen LogP contribution in [0.15, 0.2) is 35.7 Å². The van der Waals surface area contributed by atoms with Crippen LogP contribution < -0.4 is 10.6 Å². The maximum absolute atomic E-state index is 6.07. The lowest BCUT2D eigenvalue weighted by molar-refractivity contribution is 0.725. The van der Waals surface area contributed by atoms with Crippen LogP contribution in [-0.2, 0) is 13.0 Å². The van der Waals surface area contributed by atoms with Gasteiger partial charge in [-0.15, -0.1) is 11.3 Å². The Morgan fingerprint density at radius 1 is 1.28 bits per heavy atom. The van der Waals surface area contributed by atoms with E-state index in [1.54, 1.807) is 4.88 Å². The number of para-hydroxylation sites is 1. The van der Waals surface area contributed by atoms with E-state index in [1.165, 1.54) is 16.8 Å². The summed E-state index contributed by atoms with van der Waals surface area (Å²) in [6.45, 7) is 4.17. The number of hydrogen-bond acceptors (Lipinski definition) is 3. The first-order chi connectivity index (χ1) is 8.75. The van der Waals surface area contributed by atoms with Gasteiger partial charge in [0, 0.05) is 29.7 Å². The molecule has 94 valence electrons. The van der Waals surface area contributed by atoms with Crippen LogP contribution in [-0.4, -0.2) is 6.54 Å². The lowest BCUT2D eigenvalue weighted by Gasteiger charge is -2.31. The fourth-order valence-electron chi connectivity index (χ4n) is 2.61. The summed E-state index contributed by atoms with van der Waals surface area (Å²) in [5, 5.41) is 2.20. The van der Waals surface area contributed by atoms with E-state index in [-0.39, 0.29) is 6.04 Å². The van der Waals surface area contributed by atoms with Crippen LogP contribution in [0.4, 0.5) is 5.69 Å². The summed E-state index contributed by atoms with van der Waals surface area (Å²) in [6.07, 6.45) is 1.15. The zero-order valence-electron chi connectivity index (χ0n) is 10.6. The number of benzene rings is 1. The molecule has 1 atom stereocenters. The second-order valence-electron chi connectivity index (χ2n) is 4.89. The fourth-order valence-corrected chi connectivity index (χ4v) is 3.50. The molecule has 0 spiro atoms. The van der Waals surface area contributed by atoms with E-state index in [9.17, 15) is 0 Å². The molecule has 0 bridgehead atoms. The van der Waals surface area contributed by atoms with E-state index >= 15 is 0 Å². The fraction of sp³-hybridized carbons (Fsp3) is 0.333. The van der Waals surface area contributed by atoms with Crippen LogP contribution in [0.25, 0.3) is 0 Å². The van der Waals surface area contributed by atoms with Gasteiger partial charge in [-0.1, -0.05) is 18.2 Å². The molecule has 18 heavy (non-hydrogen) atoms. The summed E-state index contributed by atoms with van der Waals surface area (Å²) in [5.74, 6) is 0. The van der Waals surface area contributed by atoms with Gasteiger partial charge in [-0.3, -0.25) is 0 Å². The van der Waals surface area contributed by atoms with Gasteiger partial charge in [-0.2, -0.15) is 0 Å². The number of nitrogens with zero attached hydrogens (tertiary/aromatic N) is 1. The van der Waals surface area contributed by atoms with Crippen LogP contribution >= 0.6 is 11.3 Å². The summed E-state index contributed by atoms with van der Waals surface area (Å²) in [6, 6.07) is 10.8. The zero-order chi connectivity index (χ0) is 12.5. The number of thiophene rings is 1. The van der Waals surface area contributed by atoms with Crippen molar-refractivity contribution < 1.29 is 0 Å². The van der Waals surface area contributed by atoms with Crippen molar-refractivity contribution in [3.8, 4) is 0 Å². The van der Waals surface area contributed by atoms with Crippen LogP contribution in [0, 0.1) is 0 Å². The maximum Gasteiger partial charge on any atom is 0.0440 e. The Hall–Kier alpha value is -1.32. The molecular weight excluding hydrogens is 240 g/mol.